The van der Waals surface area contributed by atoms with E-state index in [4.69, 9.17) is 9.47 Å². The monoisotopic (exact) mass is 216 g/mol. The van der Waals surface area contributed by atoms with Gasteiger partial charge in [0.1, 0.15) is 5.78 Å². The lowest BCUT2D eigenvalue weighted by Crippen LogP contribution is -2.07. The molecular weight excluding hydrogens is 192 g/mol. The Morgan fingerprint density at radius 2 is 1.80 bits per heavy atom. The van der Waals surface area contributed by atoms with E-state index >= 15 is 0 Å². The van der Waals surface area contributed by atoms with Crippen molar-refractivity contribution < 1.29 is 14.3 Å². The fraction of sp³-hybridized carbons (Fsp3) is 0.917. The number of carbonyl (C=O) groups excluding carboxylic acids is 1. The van der Waals surface area contributed by atoms with Gasteiger partial charge in [-0.3, -0.25) is 4.79 Å². The van der Waals surface area contributed by atoms with E-state index in [2.05, 4.69) is 13.8 Å². The van der Waals surface area contributed by atoms with Crippen molar-refractivity contribution in [3.8, 4) is 0 Å². The third-order valence-corrected chi connectivity index (χ3v) is 1.96. The zero-order valence-electron chi connectivity index (χ0n) is 10.3. The molecule has 0 amide bonds. The van der Waals surface area contributed by atoms with Crippen molar-refractivity contribution in [1.29, 1.82) is 0 Å². The van der Waals surface area contributed by atoms with E-state index < -0.39 is 0 Å². The second kappa shape index (κ2) is 10.1. The number of hydrogen-bond donors (Lipinski definition) is 0. The fourth-order valence-electron chi connectivity index (χ4n) is 1.29. The average molecular weight is 216 g/mol. The molecule has 0 spiro atoms. The van der Waals surface area contributed by atoms with Crippen molar-refractivity contribution in [2.45, 2.75) is 40.0 Å². The largest absolute Gasteiger partial charge is 0.379 e. The first-order valence-corrected chi connectivity index (χ1v) is 5.84. The van der Waals surface area contributed by atoms with Gasteiger partial charge in [-0.25, -0.2) is 0 Å². The SMILES string of the molecule is CCOCCOCCCC(=O)CC(C)C. The average Bonchev–Trinajstić information content (AvgIpc) is 2.15. The van der Waals surface area contributed by atoms with Crippen LogP contribution in [0.15, 0.2) is 0 Å². The van der Waals surface area contributed by atoms with Crippen molar-refractivity contribution in [2.75, 3.05) is 26.4 Å². The molecule has 3 heteroatoms. The van der Waals surface area contributed by atoms with Crippen LogP contribution in [0.1, 0.15) is 40.0 Å². The molecule has 0 heterocycles. The van der Waals surface area contributed by atoms with Crippen LogP contribution >= 0.6 is 0 Å². The standard InChI is InChI=1S/C12H24O3/c1-4-14-8-9-15-7-5-6-12(13)10-11(2)3/h11H,4-10H2,1-3H3. The van der Waals surface area contributed by atoms with E-state index in [1.54, 1.807) is 0 Å². The molecule has 90 valence electrons. The highest BCUT2D eigenvalue weighted by Crippen LogP contribution is 2.04. The molecule has 0 fully saturated rings. The van der Waals surface area contributed by atoms with E-state index in [-0.39, 0.29) is 0 Å². The number of ketones is 1. The maximum absolute atomic E-state index is 11.3. The van der Waals surface area contributed by atoms with E-state index in [0.29, 0.717) is 44.4 Å². The molecule has 0 rings (SSSR count). The summed E-state index contributed by atoms with van der Waals surface area (Å²) in [6.07, 6.45) is 2.17. The highest BCUT2D eigenvalue weighted by molar-refractivity contribution is 5.78. The Balaban J connectivity index is 3.13. The van der Waals surface area contributed by atoms with Crippen molar-refractivity contribution in [2.24, 2.45) is 5.92 Å². The Bertz CT molecular complexity index is 155. The van der Waals surface area contributed by atoms with Crippen LogP contribution in [0.3, 0.4) is 0 Å². The van der Waals surface area contributed by atoms with Crippen LogP contribution in [-0.2, 0) is 14.3 Å². The van der Waals surface area contributed by atoms with Crippen molar-refractivity contribution in [1.82, 2.24) is 0 Å². The summed E-state index contributed by atoms with van der Waals surface area (Å²) >= 11 is 0. The Labute approximate surface area is 93.1 Å². The Morgan fingerprint density at radius 3 is 2.40 bits per heavy atom. The van der Waals surface area contributed by atoms with Gasteiger partial charge >= 0.3 is 0 Å². The summed E-state index contributed by atoms with van der Waals surface area (Å²) in [4.78, 5) is 11.3. The summed E-state index contributed by atoms with van der Waals surface area (Å²) in [5, 5.41) is 0. The zero-order valence-corrected chi connectivity index (χ0v) is 10.3. The number of carbonyl (C=O) groups is 1. The van der Waals surface area contributed by atoms with Gasteiger partial charge in [-0.15, -0.1) is 0 Å². The summed E-state index contributed by atoms with van der Waals surface area (Å²) in [5.74, 6) is 0.815. The Kier molecular flexibility index (Phi) is 9.84. The summed E-state index contributed by atoms with van der Waals surface area (Å²) in [5.41, 5.74) is 0. The second-order valence-corrected chi connectivity index (χ2v) is 4.05. The van der Waals surface area contributed by atoms with E-state index in [1.807, 2.05) is 6.92 Å². The molecule has 0 N–H and O–H groups in total. The second-order valence-electron chi connectivity index (χ2n) is 4.05. The van der Waals surface area contributed by atoms with Gasteiger partial charge < -0.3 is 9.47 Å². The van der Waals surface area contributed by atoms with Gasteiger partial charge in [0.2, 0.25) is 0 Å². The molecule has 0 saturated heterocycles. The normalized spacial score (nSPS) is 10.9. The molecule has 0 aliphatic carbocycles. The highest BCUT2D eigenvalue weighted by Gasteiger charge is 2.04. The van der Waals surface area contributed by atoms with Crippen molar-refractivity contribution in [3.63, 3.8) is 0 Å². The quantitative estimate of drug-likeness (QED) is 0.526. The predicted octanol–water partition coefficient (Wildman–Crippen LogP) is 2.43. The van der Waals surface area contributed by atoms with Gasteiger partial charge in [0.15, 0.2) is 0 Å². The zero-order chi connectivity index (χ0) is 11.5. The molecule has 0 unspecified atom stereocenters. The van der Waals surface area contributed by atoms with E-state index in [9.17, 15) is 4.79 Å². The topological polar surface area (TPSA) is 35.5 Å². The molecule has 0 radical (unpaired) electrons. The van der Waals surface area contributed by atoms with E-state index in [0.717, 1.165) is 13.0 Å². The molecular formula is C12H24O3. The first kappa shape index (κ1) is 14.6. The third kappa shape index (κ3) is 11.5. The molecule has 0 saturated carbocycles. The number of rotatable bonds is 10. The van der Waals surface area contributed by atoms with Gasteiger partial charge in [-0.1, -0.05) is 13.8 Å². The van der Waals surface area contributed by atoms with Crippen LogP contribution in [0.5, 0.6) is 0 Å². The van der Waals surface area contributed by atoms with Gasteiger partial charge in [0.25, 0.3) is 0 Å². The molecule has 0 aromatic carbocycles. The van der Waals surface area contributed by atoms with Crippen LogP contribution in [0, 0.1) is 5.92 Å². The molecule has 0 aromatic rings. The van der Waals surface area contributed by atoms with Gasteiger partial charge in [0, 0.05) is 26.1 Å². The summed E-state index contributed by atoms with van der Waals surface area (Å²) in [7, 11) is 0. The highest BCUT2D eigenvalue weighted by atomic mass is 16.5. The lowest BCUT2D eigenvalue weighted by atomic mass is 10.0. The van der Waals surface area contributed by atoms with Crippen LogP contribution in [0.25, 0.3) is 0 Å². The molecule has 0 bridgehead atoms. The van der Waals surface area contributed by atoms with Crippen molar-refractivity contribution in [3.05, 3.63) is 0 Å². The van der Waals surface area contributed by atoms with Gasteiger partial charge in [-0.2, -0.15) is 0 Å². The minimum Gasteiger partial charge on any atom is -0.379 e. The summed E-state index contributed by atoms with van der Waals surface area (Å²) in [6.45, 7) is 8.77. The Hall–Kier alpha value is -0.410. The first-order chi connectivity index (χ1) is 7.16. The van der Waals surface area contributed by atoms with Crippen LogP contribution < -0.4 is 0 Å². The fourth-order valence-corrected chi connectivity index (χ4v) is 1.29. The predicted molar refractivity (Wildman–Crippen MR) is 61.0 cm³/mol. The molecule has 3 nitrogen and oxygen atoms in total. The number of hydrogen-bond acceptors (Lipinski definition) is 3. The molecule has 0 aliphatic rings. The summed E-state index contributed by atoms with van der Waals surface area (Å²) in [6, 6.07) is 0. The van der Waals surface area contributed by atoms with Gasteiger partial charge in [0.05, 0.1) is 13.2 Å². The Morgan fingerprint density at radius 1 is 1.13 bits per heavy atom. The van der Waals surface area contributed by atoms with Gasteiger partial charge in [-0.05, 0) is 19.3 Å². The summed E-state index contributed by atoms with van der Waals surface area (Å²) < 4.78 is 10.4. The maximum atomic E-state index is 11.3. The van der Waals surface area contributed by atoms with Crippen molar-refractivity contribution >= 4 is 5.78 Å². The van der Waals surface area contributed by atoms with Crippen LogP contribution in [-0.4, -0.2) is 32.2 Å². The molecule has 0 aliphatic heterocycles. The van der Waals surface area contributed by atoms with Crippen LogP contribution in [0.2, 0.25) is 0 Å². The molecule has 0 aromatic heterocycles. The third-order valence-electron chi connectivity index (χ3n) is 1.96. The minimum atomic E-state index is 0.346. The molecule has 0 atom stereocenters. The number of ether oxygens (including phenoxy) is 2. The van der Waals surface area contributed by atoms with E-state index in [1.165, 1.54) is 0 Å². The maximum Gasteiger partial charge on any atom is 0.133 e. The molecule has 15 heavy (non-hydrogen) atoms. The minimum absolute atomic E-state index is 0.346. The van der Waals surface area contributed by atoms with Crippen LogP contribution in [0.4, 0.5) is 0 Å². The first-order valence-electron chi connectivity index (χ1n) is 5.84. The lowest BCUT2D eigenvalue weighted by molar-refractivity contribution is -0.120. The number of Topliss-reactive ketones (excluding diaryl/α,β-unsaturated/α-hetero) is 1. The lowest BCUT2D eigenvalue weighted by Gasteiger charge is -2.05. The smallest absolute Gasteiger partial charge is 0.133 e.